The van der Waals surface area contributed by atoms with Crippen molar-refractivity contribution in [3.05, 3.63) is 64.9 Å². The standard InChI is InChI=1S/C17H18ClNO2/c1-3-21-16(20)17(2,12-13-7-9-19-10-8-13)14-5-4-6-15(18)11-14/h4-11H,3,12H2,1-2H3. The first kappa shape index (κ1) is 15.5. The van der Waals surface area contributed by atoms with Crippen molar-refractivity contribution in [3.63, 3.8) is 0 Å². The van der Waals surface area contributed by atoms with Crippen LogP contribution in [0.1, 0.15) is 25.0 Å². The predicted molar refractivity (Wildman–Crippen MR) is 83.4 cm³/mol. The Balaban J connectivity index is 2.41. The molecule has 1 aromatic heterocycles. The lowest BCUT2D eigenvalue weighted by molar-refractivity contribution is -0.149. The molecule has 0 N–H and O–H groups in total. The summed E-state index contributed by atoms with van der Waals surface area (Å²) in [5.74, 6) is -0.246. The van der Waals surface area contributed by atoms with Gasteiger partial charge in [0.25, 0.3) is 0 Å². The Morgan fingerprint density at radius 2 is 2.00 bits per heavy atom. The third-order valence-corrected chi connectivity index (χ3v) is 3.73. The van der Waals surface area contributed by atoms with E-state index < -0.39 is 5.41 Å². The summed E-state index contributed by atoms with van der Waals surface area (Å²) in [6.07, 6.45) is 3.98. The number of rotatable bonds is 5. The quantitative estimate of drug-likeness (QED) is 0.789. The van der Waals surface area contributed by atoms with Crippen molar-refractivity contribution >= 4 is 17.6 Å². The Bertz CT molecular complexity index is 615. The van der Waals surface area contributed by atoms with Crippen LogP contribution in [-0.4, -0.2) is 17.6 Å². The molecule has 0 aliphatic heterocycles. The Labute approximate surface area is 129 Å². The Morgan fingerprint density at radius 3 is 2.62 bits per heavy atom. The predicted octanol–water partition coefficient (Wildman–Crippen LogP) is 3.80. The van der Waals surface area contributed by atoms with Gasteiger partial charge in [0.05, 0.1) is 12.0 Å². The van der Waals surface area contributed by atoms with Crippen molar-refractivity contribution in [2.24, 2.45) is 0 Å². The van der Waals surface area contributed by atoms with Gasteiger partial charge in [-0.25, -0.2) is 0 Å². The smallest absolute Gasteiger partial charge is 0.316 e. The summed E-state index contributed by atoms with van der Waals surface area (Å²) < 4.78 is 5.28. The highest BCUT2D eigenvalue weighted by atomic mass is 35.5. The highest BCUT2D eigenvalue weighted by Gasteiger charge is 2.37. The van der Waals surface area contributed by atoms with Crippen molar-refractivity contribution in [1.29, 1.82) is 0 Å². The molecule has 21 heavy (non-hydrogen) atoms. The summed E-state index contributed by atoms with van der Waals surface area (Å²) in [4.78, 5) is 16.5. The van der Waals surface area contributed by atoms with Gasteiger partial charge in [-0.2, -0.15) is 0 Å². The number of esters is 1. The largest absolute Gasteiger partial charge is 0.465 e. The first-order valence-corrected chi connectivity index (χ1v) is 7.26. The van der Waals surface area contributed by atoms with Gasteiger partial charge in [-0.3, -0.25) is 9.78 Å². The molecule has 2 aromatic rings. The second-order valence-electron chi connectivity index (χ2n) is 5.10. The summed E-state index contributed by atoms with van der Waals surface area (Å²) in [6.45, 7) is 4.05. The van der Waals surface area contributed by atoms with Crippen LogP contribution < -0.4 is 0 Å². The highest BCUT2D eigenvalue weighted by Crippen LogP contribution is 2.31. The van der Waals surface area contributed by atoms with Gasteiger partial charge in [-0.15, -0.1) is 0 Å². The van der Waals surface area contributed by atoms with Gasteiger partial charge < -0.3 is 4.74 Å². The number of pyridine rings is 1. The van der Waals surface area contributed by atoms with Crippen LogP contribution in [0.5, 0.6) is 0 Å². The minimum Gasteiger partial charge on any atom is -0.465 e. The van der Waals surface area contributed by atoms with E-state index in [2.05, 4.69) is 4.98 Å². The molecule has 0 fully saturated rings. The first-order chi connectivity index (χ1) is 10.1. The van der Waals surface area contributed by atoms with Crippen LogP contribution in [0.3, 0.4) is 0 Å². The molecule has 0 spiro atoms. The SMILES string of the molecule is CCOC(=O)C(C)(Cc1ccncc1)c1cccc(Cl)c1. The van der Waals surface area contributed by atoms with E-state index in [1.807, 2.05) is 44.2 Å². The van der Waals surface area contributed by atoms with Crippen molar-refractivity contribution in [1.82, 2.24) is 4.98 Å². The summed E-state index contributed by atoms with van der Waals surface area (Å²) >= 11 is 6.07. The van der Waals surface area contributed by atoms with Gasteiger partial charge in [0.15, 0.2) is 0 Å². The van der Waals surface area contributed by atoms with Crippen LogP contribution >= 0.6 is 11.6 Å². The second kappa shape index (κ2) is 6.72. The molecular formula is C17H18ClNO2. The van der Waals surface area contributed by atoms with Gasteiger partial charge in [0.1, 0.15) is 0 Å². The number of carbonyl (C=O) groups excluding carboxylic acids is 1. The maximum atomic E-state index is 12.5. The molecule has 1 heterocycles. The molecule has 0 bridgehead atoms. The van der Waals surface area contributed by atoms with Crippen LogP contribution in [0.4, 0.5) is 0 Å². The molecule has 0 saturated heterocycles. The normalized spacial score (nSPS) is 13.5. The molecule has 0 aliphatic rings. The van der Waals surface area contributed by atoms with Crippen molar-refractivity contribution in [2.45, 2.75) is 25.7 Å². The lowest BCUT2D eigenvalue weighted by Gasteiger charge is -2.28. The zero-order valence-corrected chi connectivity index (χ0v) is 12.9. The van der Waals surface area contributed by atoms with Crippen LogP contribution in [0.15, 0.2) is 48.8 Å². The number of halogens is 1. The van der Waals surface area contributed by atoms with Gasteiger partial charge in [-0.1, -0.05) is 23.7 Å². The van der Waals surface area contributed by atoms with E-state index in [4.69, 9.17) is 16.3 Å². The van der Waals surface area contributed by atoms with Crippen molar-refractivity contribution < 1.29 is 9.53 Å². The van der Waals surface area contributed by atoms with E-state index in [1.54, 1.807) is 18.5 Å². The van der Waals surface area contributed by atoms with E-state index >= 15 is 0 Å². The molecule has 0 amide bonds. The third kappa shape index (κ3) is 3.61. The zero-order valence-electron chi connectivity index (χ0n) is 12.2. The number of aromatic nitrogens is 1. The maximum Gasteiger partial charge on any atom is 0.316 e. The molecule has 3 nitrogen and oxygen atoms in total. The van der Waals surface area contributed by atoms with Crippen LogP contribution in [-0.2, 0) is 21.4 Å². The molecule has 1 atom stereocenters. The molecule has 110 valence electrons. The molecule has 1 aromatic carbocycles. The van der Waals surface area contributed by atoms with Crippen molar-refractivity contribution in [3.8, 4) is 0 Å². The molecule has 0 aliphatic carbocycles. The van der Waals surface area contributed by atoms with Crippen LogP contribution in [0, 0.1) is 0 Å². The Hall–Kier alpha value is -1.87. The lowest BCUT2D eigenvalue weighted by Crippen LogP contribution is -2.36. The van der Waals surface area contributed by atoms with E-state index in [1.165, 1.54) is 0 Å². The molecule has 0 saturated carbocycles. The van der Waals surface area contributed by atoms with E-state index in [0.717, 1.165) is 11.1 Å². The number of hydrogen-bond donors (Lipinski definition) is 0. The van der Waals surface area contributed by atoms with Crippen molar-refractivity contribution in [2.75, 3.05) is 6.61 Å². The second-order valence-corrected chi connectivity index (χ2v) is 5.53. The topological polar surface area (TPSA) is 39.2 Å². The third-order valence-electron chi connectivity index (χ3n) is 3.49. The molecule has 2 rings (SSSR count). The van der Waals surface area contributed by atoms with Gasteiger partial charge in [0, 0.05) is 17.4 Å². The number of carbonyl (C=O) groups is 1. The fourth-order valence-electron chi connectivity index (χ4n) is 2.32. The summed E-state index contributed by atoms with van der Waals surface area (Å²) in [5, 5.41) is 0.609. The van der Waals surface area contributed by atoms with Crippen LogP contribution in [0.2, 0.25) is 5.02 Å². The minimum atomic E-state index is -0.776. The summed E-state index contributed by atoms with van der Waals surface area (Å²) in [5.41, 5.74) is 1.10. The molecule has 4 heteroatoms. The first-order valence-electron chi connectivity index (χ1n) is 6.88. The summed E-state index contributed by atoms with van der Waals surface area (Å²) in [6, 6.07) is 11.2. The molecular weight excluding hydrogens is 286 g/mol. The zero-order chi connectivity index (χ0) is 15.3. The average molecular weight is 304 g/mol. The maximum absolute atomic E-state index is 12.5. The molecule has 0 radical (unpaired) electrons. The van der Waals surface area contributed by atoms with Gasteiger partial charge >= 0.3 is 5.97 Å². The molecule has 1 unspecified atom stereocenters. The van der Waals surface area contributed by atoms with Gasteiger partial charge in [0.2, 0.25) is 0 Å². The summed E-state index contributed by atoms with van der Waals surface area (Å²) in [7, 11) is 0. The fraction of sp³-hybridized carbons (Fsp3) is 0.294. The van der Waals surface area contributed by atoms with E-state index in [0.29, 0.717) is 18.1 Å². The number of hydrogen-bond acceptors (Lipinski definition) is 3. The Morgan fingerprint density at radius 1 is 1.29 bits per heavy atom. The fourth-order valence-corrected chi connectivity index (χ4v) is 2.51. The van der Waals surface area contributed by atoms with Gasteiger partial charge in [-0.05, 0) is 55.7 Å². The number of ether oxygens (including phenoxy) is 1. The van der Waals surface area contributed by atoms with Crippen LogP contribution in [0.25, 0.3) is 0 Å². The minimum absolute atomic E-state index is 0.246. The number of nitrogens with zero attached hydrogens (tertiary/aromatic N) is 1. The Kier molecular flexibility index (Phi) is 4.97. The van der Waals surface area contributed by atoms with E-state index in [9.17, 15) is 4.79 Å². The monoisotopic (exact) mass is 303 g/mol. The highest BCUT2D eigenvalue weighted by molar-refractivity contribution is 6.30. The number of benzene rings is 1. The van der Waals surface area contributed by atoms with E-state index in [-0.39, 0.29) is 5.97 Å². The average Bonchev–Trinajstić information content (AvgIpc) is 2.48. The lowest BCUT2D eigenvalue weighted by atomic mass is 9.77.